The second-order valence-electron chi connectivity index (χ2n) is 8.03. The Balaban J connectivity index is 1.43. The van der Waals surface area contributed by atoms with Crippen LogP contribution in [0.4, 0.5) is 5.82 Å². The third-order valence-electron chi connectivity index (χ3n) is 4.62. The third-order valence-corrected chi connectivity index (χ3v) is 4.62. The predicted molar refractivity (Wildman–Crippen MR) is 119 cm³/mol. The number of hydrogen-bond acceptors (Lipinski definition) is 5. The average molecular weight is 405 g/mol. The van der Waals surface area contributed by atoms with Crippen molar-refractivity contribution < 1.29 is 9.53 Å². The lowest BCUT2D eigenvalue weighted by atomic mass is 9.87. The van der Waals surface area contributed by atoms with Crippen LogP contribution in [0.1, 0.15) is 42.3 Å². The molecule has 2 aromatic carbocycles. The van der Waals surface area contributed by atoms with E-state index < -0.39 is 0 Å². The van der Waals surface area contributed by atoms with Gasteiger partial charge in [0.2, 0.25) is 0 Å². The predicted octanol–water partition coefficient (Wildman–Crippen LogP) is 4.20. The lowest BCUT2D eigenvalue weighted by Crippen LogP contribution is -2.28. The van der Waals surface area contributed by atoms with Crippen LogP contribution >= 0.6 is 0 Å². The maximum absolute atomic E-state index is 12.3. The van der Waals surface area contributed by atoms with Crippen LogP contribution in [0, 0.1) is 0 Å². The van der Waals surface area contributed by atoms with Gasteiger partial charge in [-0.3, -0.25) is 9.78 Å². The molecule has 156 valence electrons. The van der Waals surface area contributed by atoms with Crippen molar-refractivity contribution in [3.8, 4) is 5.75 Å². The summed E-state index contributed by atoms with van der Waals surface area (Å²) in [6, 6.07) is 15.6. The Morgan fingerprint density at radius 3 is 2.33 bits per heavy atom. The standard InChI is InChI=1S/C24H28N4O2/c1-24(2,3)20-8-10-21(11-9-20)30-17-18-4-6-19(7-5-18)23(29)28-15-14-27-22-16-25-12-13-26-22/h4-13,16H,14-15,17H2,1-3H3,(H,26,27)(H,28,29). The van der Waals surface area contributed by atoms with Crippen LogP contribution in [0.25, 0.3) is 0 Å². The molecule has 6 heteroatoms. The molecule has 1 amide bonds. The summed E-state index contributed by atoms with van der Waals surface area (Å²) in [7, 11) is 0. The Bertz CT molecular complexity index is 934. The van der Waals surface area contributed by atoms with Crippen molar-refractivity contribution in [2.75, 3.05) is 18.4 Å². The van der Waals surface area contributed by atoms with Crippen LogP contribution in [-0.2, 0) is 12.0 Å². The van der Waals surface area contributed by atoms with Gasteiger partial charge in [-0.2, -0.15) is 0 Å². The van der Waals surface area contributed by atoms with Crippen molar-refractivity contribution in [2.24, 2.45) is 0 Å². The van der Waals surface area contributed by atoms with Gasteiger partial charge >= 0.3 is 0 Å². The Morgan fingerprint density at radius 1 is 0.967 bits per heavy atom. The summed E-state index contributed by atoms with van der Waals surface area (Å²) in [6.07, 6.45) is 4.87. The lowest BCUT2D eigenvalue weighted by Gasteiger charge is -2.19. The van der Waals surface area contributed by atoms with E-state index in [2.05, 4.69) is 53.5 Å². The molecule has 0 spiro atoms. The Labute approximate surface area is 177 Å². The van der Waals surface area contributed by atoms with E-state index in [1.54, 1.807) is 18.6 Å². The van der Waals surface area contributed by atoms with Crippen molar-refractivity contribution in [2.45, 2.75) is 32.8 Å². The number of hydrogen-bond donors (Lipinski definition) is 2. The largest absolute Gasteiger partial charge is 0.489 e. The van der Waals surface area contributed by atoms with Gasteiger partial charge in [0.25, 0.3) is 5.91 Å². The van der Waals surface area contributed by atoms with E-state index in [-0.39, 0.29) is 11.3 Å². The molecule has 0 radical (unpaired) electrons. The van der Waals surface area contributed by atoms with Crippen LogP contribution in [0.3, 0.4) is 0 Å². The van der Waals surface area contributed by atoms with Crippen LogP contribution in [0.5, 0.6) is 5.75 Å². The summed E-state index contributed by atoms with van der Waals surface area (Å²) < 4.78 is 5.86. The highest BCUT2D eigenvalue weighted by Gasteiger charge is 2.13. The Kier molecular flexibility index (Phi) is 7.01. The first kappa shape index (κ1) is 21.3. The van der Waals surface area contributed by atoms with E-state index in [1.165, 1.54) is 5.56 Å². The minimum Gasteiger partial charge on any atom is -0.489 e. The number of amides is 1. The van der Waals surface area contributed by atoms with Gasteiger partial charge in [0.05, 0.1) is 6.20 Å². The van der Waals surface area contributed by atoms with Gasteiger partial charge in [-0.1, -0.05) is 45.0 Å². The van der Waals surface area contributed by atoms with E-state index in [0.29, 0.717) is 31.1 Å². The number of carbonyl (C=O) groups is 1. The molecule has 0 aliphatic carbocycles. The van der Waals surface area contributed by atoms with Crippen molar-refractivity contribution in [3.63, 3.8) is 0 Å². The molecule has 2 N–H and O–H groups in total. The van der Waals surface area contributed by atoms with Crippen molar-refractivity contribution in [1.29, 1.82) is 0 Å². The fraction of sp³-hybridized carbons (Fsp3) is 0.292. The summed E-state index contributed by atoms with van der Waals surface area (Å²) >= 11 is 0. The van der Waals surface area contributed by atoms with E-state index in [0.717, 1.165) is 11.3 Å². The number of ether oxygens (including phenoxy) is 1. The van der Waals surface area contributed by atoms with Gasteiger partial charge in [-0.15, -0.1) is 0 Å². The van der Waals surface area contributed by atoms with E-state index >= 15 is 0 Å². The highest BCUT2D eigenvalue weighted by molar-refractivity contribution is 5.94. The second kappa shape index (κ2) is 9.87. The lowest BCUT2D eigenvalue weighted by molar-refractivity contribution is 0.0955. The molecule has 1 heterocycles. The van der Waals surface area contributed by atoms with E-state index in [4.69, 9.17) is 4.74 Å². The van der Waals surface area contributed by atoms with Gasteiger partial charge in [0.15, 0.2) is 0 Å². The molecule has 0 unspecified atom stereocenters. The zero-order chi connectivity index (χ0) is 21.4. The molecule has 0 bridgehead atoms. The van der Waals surface area contributed by atoms with Crippen LogP contribution in [-0.4, -0.2) is 29.0 Å². The first-order valence-electron chi connectivity index (χ1n) is 10.0. The van der Waals surface area contributed by atoms with Crippen LogP contribution < -0.4 is 15.4 Å². The van der Waals surface area contributed by atoms with Gasteiger partial charge < -0.3 is 15.4 Å². The van der Waals surface area contributed by atoms with Crippen molar-refractivity contribution in [3.05, 3.63) is 83.8 Å². The summed E-state index contributed by atoms with van der Waals surface area (Å²) in [5, 5.41) is 5.98. The van der Waals surface area contributed by atoms with E-state index in [9.17, 15) is 4.79 Å². The molecular weight excluding hydrogens is 376 g/mol. The van der Waals surface area contributed by atoms with Crippen LogP contribution in [0.2, 0.25) is 0 Å². The van der Waals surface area contributed by atoms with Crippen molar-refractivity contribution >= 4 is 11.7 Å². The molecule has 0 aliphatic rings. The number of aromatic nitrogens is 2. The number of anilines is 1. The topological polar surface area (TPSA) is 76.1 Å². The van der Waals surface area contributed by atoms with Gasteiger partial charge in [0, 0.05) is 31.0 Å². The first-order valence-corrected chi connectivity index (χ1v) is 10.0. The molecule has 1 aromatic heterocycles. The number of rotatable bonds is 8. The number of benzene rings is 2. The fourth-order valence-electron chi connectivity index (χ4n) is 2.83. The smallest absolute Gasteiger partial charge is 0.251 e. The minimum atomic E-state index is -0.110. The molecular formula is C24H28N4O2. The SMILES string of the molecule is CC(C)(C)c1ccc(OCc2ccc(C(=O)NCCNc3cnccn3)cc2)cc1. The normalized spacial score (nSPS) is 11.0. The Hall–Kier alpha value is -3.41. The third kappa shape index (κ3) is 6.30. The summed E-state index contributed by atoms with van der Waals surface area (Å²) in [5.41, 5.74) is 3.03. The zero-order valence-electron chi connectivity index (χ0n) is 17.7. The number of carbonyl (C=O) groups excluding carboxylic acids is 1. The van der Waals surface area contributed by atoms with Gasteiger partial charge in [-0.05, 0) is 40.8 Å². The highest BCUT2D eigenvalue weighted by atomic mass is 16.5. The molecule has 3 rings (SSSR count). The molecule has 30 heavy (non-hydrogen) atoms. The highest BCUT2D eigenvalue weighted by Crippen LogP contribution is 2.24. The maximum Gasteiger partial charge on any atom is 0.251 e. The molecule has 3 aromatic rings. The summed E-state index contributed by atoms with van der Waals surface area (Å²) in [6.45, 7) is 8.09. The van der Waals surface area contributed by atoms with Gasteiger partial charge in [-0.25, -0.2) is 4.98 Å². The van der Waals surface area contributed by atoms with Crippen LogP contribution in [0.15, 0.2) is 67.1 Å². The number of nitrogens with one attached hydrogen (secondary N) is 2. The summed E-state index contributed by atoms with van der Waals surface area (Å²) in [4.78, 5) is 20.4. The number of nitrogens with zero attached hydrogens (tertiary/aromatic N) is 2. The van der Waals surface area contributed by atoms with Gasteiger partial charge in [0.1, 0.15) is 18.2 Å². The molecule has 0 aliphatic heterocycles. The molecule has 0 fully saturated rings. The fourth-order valence-corrected chi connectivity index (χ4v) is 2.83. The zero-order valence-corrected chi connectivity index (χ0v) is 17.7. The maximum atomic E-state index is 12.3. The molecule has 0 saturated carbocycles. The minimum absolute atomic E-state index is 0.110. The molecule has 6 nitrogen and oxygen atoms in total. The molecule has 0 atom stereocenters. The molecule has 0 saturated heterocycles. The average Bonchev–Trinajstić information content (AvgIpc) is 2.76. The quantitative estimate of drug-likeness (QED) is 0.551. The van der Waals surface area contributed by atoms with E-state index in [1.807, 2.05) is 36.4 Å². The Morgan fingerprint density at radius 2 is 1.70 bits per heavy atom. The monoisotopic (exact) mass is 404 g/mol. The summed E-state index contributed by atoms with van der Waals surface area (Å²) in [5.74, 6) is 1.41. The van der Waals surface area contributed by atoms with Crippen molar-refractivity contribution in [1.82, 2.24) is 15.3 Å². The first-order chi connectivity index (χ1) is 14.4. The second-order valence-corrected chi connectivity index (χ2v) is 8.03.